The molecule has 5 nitrogen and oxygen atoms in total. The Morgan fingerprint density at radius 3 is 2.96 bits per heavy atom. The Labute approximate surface area is 152 Å². The summed E-state index contributed by atoms with van der Waals surface area (Å²) in [5.74, 6) is 0.280. The van der Waals surface area contributed by atoms with Crippen LogP contribution in [0.4, 0.5) is 10.2 Å². The number of nitrogens with one attached hydrogen (secondary N) is 1. The Morgan fingerprint density at radius 1 is 1.38 bits per heavy atom. The number of anilines is 1. The Kier molecular flexibility index (Phi) is 5.96. The number of carbonyl (C=O) groups excluding carboxylic acids is 1. The highest BCUT2D eigenvalue weighted by Crippen LogP contribution is 2.15. The molecule has 0 unspecified atom stereocenters. The molecule has 1 aliphatic heterocycles. The molecule has 1 aromatic carbocycles. The third-order valence-corrected chi connectivity index (χ3v) is 4.16. The number of carbonyl (C=O) groups is 1. The van der Waals surface area contributed by atoms with Crippen LogP contribution in [-0.2, 0) is 16.1 Å². The molecular formula is C20H22FN3O2. The Morgan fingerprint density at radius 2 is 2.23 bits per heavy atom. The molecule has 0 spiro atoms. The summed E-state index contributed by atoms with van der Waals surface area (Å²) in [5.41, 5.74) is 1.29. The molecule has 2 heterocycles. The molecule has 6 heteroatoms. The van der Waals surface area contributed by atoms with Gasteiger partial charge in [-0.2, -0.15) is 0 Å². The largest absolute Gasteiger partial charge is 0.375 e. The number of rotatable bonds is 5. The normalized spacial score (nSPS) is 17.5. The van der Waals surface area contributed by atoms with Crippen molar-refractivity contribution in [1.82, 2.24) is 10.3 Å². The summed E-state index contributed by atoms with van der Waals surface area (Å²) in [6.07, 6.45) is 4.75. The highest BCUT2D eigenvalue weighted by Gasteiger charge is 2.17. The molecule has 1 atom stereocenters. The maximum atomic E-state index is 13.5. The number of amides is 1. The van der Waals surface area contributed by atoms with E-state index in [4.69, 9.17) is 4.74 Å². The molecule has 2 aromatic rings. The third-order valence-electron chi connectivity index (χ3n) is 4.16. The lowest BCUT2D eigenvalue weighted by atomic mass is 10.2. The molecule has 1 fully saturated rings. The average Bonchev–Trinajstić information content (AvgIpc) is 2.66. The number of ether oxygens (including phenoxy) is 1. The summed E-state index contributed by atoms with van der Waals surface area (Å²) in [7, 11) is 0. The molecular weight excluding hydrogens is 333 g/mol. The third kappa shape index (κ3) is 4.89. The molecule has 1 aromatic heterocycles. The van der Waals surface area contributed by atoms with Crippen molar-refractivity contribution in [2.75, 3.05) is 24.6 Å². The van der Waals surface area contributed by atoms with E-state index in [2.05, 4.69) is 15.2 Å². The first-order valence-corrected chi connectivity index (χ1v) is 8.64. The Bertz CT molecular complexity index is 777. The van der Waals surface area contributed by atoms with Gasteiger partial charge in [-0.15, -0.1) is 0 Å². The highest BCUT2D eigenvalue weighted by molar-refractivity contribution is 5.91. The fraction of sp³-hybridized carbons (Fsp3) is 0.300. The van der Waals surface area contributed by atoms with Gasteiger partial charge in [0.25, 0.3) is 0 Å². The second-order valence-corrected chi connectivity index (χ2v) is 6.22. The van der Waals surface area contributed by atoms with Gasteiger partial charge in [-0.3, -0.25) is 4.79 Å². The van der Waals surface area contributed by atoms with Gasteiger partial charge in [-0.05, 0) is 30.7 Å². The van der Waals surface area contributed by atoms with Crippen LogP contribution in [0, 0.1) is 5.82 Å². The van der Waals surface area contributed by atoms with Crippen molar-refractivity contribution >= 4 is 17.8 Å². The van der Waals surface area contributed by atoms with Gasteiger partial charge in [0, 0.05) is 37.5 Å². The van der Waals surface area contributed by atoms with Crippen molar-refractivity contribution < 1.29 is 13.9 Å². The Hall–Kier alpha value is -2.73. The van der Waals surface area contributed by atoms with Crippen LogP contribution in [0.25, 0.3) is 6.08 Å². The van der Waals surface area contributed by atoms with Crippen molar-refractivity contribution in [2.24, 2.45) is 0 Å². The minimum absolute atomic E-state index is 0.200. The van der Waals surface area contributed by atoms with Gasteiger partial charge in [-0.1, -0.05) is 24.3 Å². The quantitative estimate of drug-likeness (QED) is 0.838. The number of benzene rings is 1. The standard InChI is InChI=1S/C20H22FN3O2/c1-15-14-24(10-11-26-15)19-8-6-16(12-22-19)13-23-20(25)9-7-17-4-2-3-5-18(17)21/h2-9,12,15H,10-11,13-14H2,1H3,(H,23,25)/b9-7-/t15-/m0/s1. The van der Waals surface area contributed by atoms with E-state index in [9.17, 15) is 9.18 Å². The van der Waals surface area contributed by atoms with Gasteiger partial charge in [0.1, 0.15) is 11.6 Å². The molecule has 3 rings (SSSR count). The molecule has 1 aliphatic rings. The van der Waals surface area contributed by atoms with Crippen LogP contribution in [0.3, 0.4) is 0 Å². The van der Waals surface area contributed by atoms with Crippen molar-refractivity contribution in [1.29, 1.82) is 0 Å². The summed E-state index contributed by atoms with van der Waals surface area (Å²) in [6.45, 7) is 4.77. The lowest BCUT2D eigenvalue weighted by molar-refractivity contribution is -0.116. The van der Waals surface area contributed by atoms with Crippen LogP contribution in [0.15, 0.2) is 48.7 Å². The molecule has 0 saturated carbocycles. The van der Waals surface area contributed by atoms with E-state index in [1.54, 1.807) is 24.4 Å². The van der Waals surface area contributed by atoms with Gasteiger partial charge in [-0.25, -0.2) is 9.37 Å². The first kappa shape index (κ1) is 18.1. The minimum atomic E-state index is -0.353. The summed E-state index contributed by atoms with van der Waals surface area (Å²) in [5, 5.41) is 2.77. The first-order chi connectivity index (χ1) is 12.6. The number of aromatic nitrogens is 1. The smallest absolute Gasteiger partial charge is 0.244 e. The van der Waals surface area contributed by atoms with E-state index < -0.39 is 0 Å². The minimum Gasteiger partial charge on any atom is -0.375 e. The second kappa shape index (κ2) is 8.58. The van der Waals surface area contributed by atoms with Gasteiger partial charge < -0.3 is 15.0 Å². The van der Waals surface area contributed by atoms with Crippen LogP contribution >= 0.6 is 0 Å². The number of nitrogens with zero attached hydrogens (tertiary/aromatic N) is 2. The lowest BCUT2D eigenvalue weighted by Crippen LogP contribution is -2.41. The average molecular weight is 355 g/mol. The summed E-state index contributed by atoms with van der Waals surface area (Å²) < 4.78 is 19.0. The molecule has 26 heavy (non-hydrogen) atoms. The van der Waals surface area contributed by atoms with Gasteiger partial charge in [0.2, 0.25) is 5.91 Å². The molecule has 0 bridgehead atoms. The molecule has 1 N–H and O–H groups in total. The van der Waals surface area contributed by atoms with Crippen molar-refractivity contribution in [3.05, 3.63) is 65.6 Å². The molecule has 1 saturated heterocycles. The molecule has 0 aliphatic carbocycles. The maximum Gasteiger partial charge on any atom is 0.244 e. The number of hydrogen-bond donors (Lipinski definition) is 1. The van der Waals surface area contributed by atoms with E-state index in [-0.39, 0.29) is 17.8 Å². The highest BCUT2D eigenvalue weighted by atomic mass is 19.1. The fourth-order valence-corrected chi connectivity index (χ4v) is 2.76. The number of pyridine rings is 1. The lowest BCUT2D eigenvalue weighted by Gasteiger charge is -2.32. The van der Waals surface area contributed by atoms with Crippen molar-refractivity contribution in [3.63, 3.8) is 0 Å². The molecule has 0 radical (unpaired) electrons. The van der Waals surface area contributed by atoms with Gasteiger partial charge in [0.05, 0.1) is 12.7 Å². The van der Waals surface area contributed by atoms with Crippen molar-refractivity contribution in [2.45, 2.75) is 19.6 Å². The zero-order chi connectivity index (χ0) is 18.4. The fourth-order valence-electron chi connectivity index (χ4n) is 2.76. The number of morpholine rings is 1. The maximum absolute atomic E-state index is 13.5. The number of hydrogen-bond acceptors (Lipinski definition) is 4. The summed E-state index contributed by atoms with van der Waals surface area (Å²) >= 11 is 0. The van der Waals surface area contributed by atoms with E-state index in [1.165, 1.54) is 18.2 Å². The topological polar surface area (TPSA) is 54.5 Å². The molecule has 136 valence electrons. The van der Waals surface area contributed by atoms with Crippen LogP contribution in [0.1, 0.15) is 18.1 Å². The van der Waals surface area contributed by atoms with Crippen LogP contribution in [0.5, 0.6) is 0 Å². The van der Waals surface area contributed by atoms with E-state index in [1.807, 2.05) is 19.1 Å². The van der Waals surface area contributed by atoms with Gasteiger partial charge >= 0.3 is 0 Å². The summed E-state index contributed by atoms with van der Waals surface area (Å²) in [6, 6.07) is 10.2. The van der Waals surface area contributed by atoms with Crippen LogP contribution < -0.4 is 10.2 Å². The second-order valence-electron chi connectivity index (χ2n) is 6.22. The molecule has 1 amide bonds. The number of halogens is 1. The van der Waals surface area contributed by atoms with E-state index in [0.29, 0.717) is 18.7 Å². The monoisotopic (exact) mass is 355 g/mol. The van der Waals surface area contributed by atoms with Crippen LogP contribution in [-0.4, -0.2) is 36.7 Å². The van der Waals surface area contributed by atoms with Crippen LogP contribution in [0.2, 0.25) is 0 Å². The van der Waals surface area contributed by atoms with E-state index in [0.717, 1.165) is 24.5 Å². The zero-order valence-corrected chi connectivity index (χ0v) is 14.7. The SMILES string of the molecule is C[C@H]1CN(c2ccc(CNC(=O)/C=C\c3ccccc3F)cn2)CCO1. The zero-order valence-electron chi connectivity index (χ0n) is 14.7. The Balaban J connectivity index is 1.51. The van der Waals surface area contributed by atoms with Gasteiger partial charge in [0.15, 0.2) is 0 Å². The predicted molar refractivity (Wildman–Crippen MR) is 99.1 cm³/mol. The predicted octanol–water partition coefficient (Wildman–Crippen LogP) is 2.78. The summed E-state index contributed by atoms with van der Waals surface area (Å²) in [4.78, 5) is 18.5. The van der Waals surface area contributed by atoms with E-state index >= 15 is 0 Å². The van der Waals surface area contributed by atoms with Crippen molar-refractivity contribution in [3.8, 4) is 0 Å². The first-order valence-electron chi connectivity index (χ1n) is 8.64.